The molecule has 1 aromatic rings. The molecule has 1 rings (SSSR count). The molecule has 0 saturated carbocycles. The Labute approximate surface area is 121 Å². The van der Waals surface area contributed by atoms with E-state index in [2.05, 4.69) is 21.2 Å². The van der Waals surface area contributed by atoms with E-state index in [0.717, 1.165) is 0 Å². The van der Waals surface area contributed by atoms with Gasteiger partial charge in [0.05, 0.1) is 11.2 Å². The van der Waals surface area contributed by atoms with E-state index in [9.17, 15) is 14.3 Å². The first-order chi connectivity index (χ1) is 8.71. The number of carbonyl (C=O) groups is 1. The molecule has 0 aliphatic rings. The van der Waals surface area contributed by atoms with Gasteiger partial charge in [-0.25, -0.2) is 4.39 Å². The average Bonchev–Trinajstić information content (AvgIpc) is 2.27. The van der Waals surface area contributed by atoms with Crippen LogP contribution in [0.15, 0.2) is 22.7 Å². The standard InChI is InChI=1S/C14H19BrFNO2/c1-9(2)7-14(3,19)8-17-13(18)11-6-10(15)4-5-12(11)16/h4-6,9,19H,7-8H2,1-3H3,(H,17,18). The summed E-state index contributed by atoms with van der Waals surface area (Å²) < 4.78 is 14.1. The summed E-state index contributed by atoms with van der Waals surface area (Å²) in [6, 6.07) is 4.17. The number of nitrogens with one attached hydrogen (secondary N) is 1. The molecule has 1 atom stereocenters. The number of benzene rings is 1. The first-order valence-electron chi connectivity index (χ1n) is 6.17. The maximum Gasteiger partial charge on any atom is 0.254 e. The molecule has 0 bridgehead atoms. The first kappa shape index (κ1) is 16.1. The van der Waals surface area contributed by atoms with Gasteiger partial charge in [-0.05, 0) is 37.5 Å². The van der Waals surface area contributed by atoms with Gasteiger partial charge in [0.15, 0.2) is 0 Å². The smallest absolute Gasteiger partial charge is 0.254 e. The van der Waals surface area contributed by atoms with E-state index in [1.165, 1.54) is 18.2 Å². The van der Waals surface area contributed by atoms with Gasteiger partial charge < -0.3 is 10.4 Å². The molecule has 2 N–H and O–H groups in total. The molecule has 1 aromatic carbocycles. The second-order valence-corrected chi connectivity index (χ2v) is 6.32. The van der Waals surface area contributed by atoms with Crippen LogP contribution in [0.1, 0.15) is 37.6 Å². The van der Waals surface area contributed by atoms with Crippen LogP contribution in [0.2, 0.25) is 0 Å². The Balaban J connectivity index is 2.68. The molecule has 106 valence electrons. The van der Waals surface area contributed by atoms with E-state index in [-0.39, 0.29) is 12.1 Å². The topological polar surface area (TPSA) is 49.3 Å². The fourth-order valence-electron chi connectivity index (χ4n) is 1.99. The lowest BCUT2D eigenvalue weighted by Crippen LogP contribution is -2.41. The van der Waals surface area contributed by atoms with Gasteiger partial charge >= 0.3 is 0 Å². The third-order valence-electron chi connectivity index (χ3n) is 2.65. The van der Waals surface area contributed by atoms with Crippen LogP contribution in [0.25, 0.3) is 0 Å². The summed E-state index contributed by atoms with van der Waals surface area (Å²) in [5, 5.41) is 12.6. The summed E-state index contributed by atoms with van der Waals surface area (Å²) in [4.78, 5) is 11.9. The first-order valence-corrected chi connectivity index (χ1v) is 6.96. The van der Waals surface area contributed by atoms with Crippen molar-refractivity contribution in [3.8, 4) is 0 Å². The minimum Gasteiger partial charge on any atom is -0.388 e. The van der Waals surface area contributed by atoms with Crippen molar-refractivity contribution < 1.29 is 14.3 Å². The van der Waals surface area contributed by atoms with Crippen molar-refractivity contribution in [1.29, 1.82) is 0 Å². The van der Waals surface area contributed by atoms with Crippen LogP contribution in [0.5, 0.6) is 0 Å². The van der Waals surface area contributed by atoms with Crippen LogP contribution in [0.4, 0.5) is 4.39 Å². The molecule has 19 heavy (non-hydrogen) atoms. The molecule has 0 spiro atoms. The fraction of sp³-hybridized carbons (Fsp3) is 0.500. The summed E-state index contributed by atoms with van der Waals surface area (Å²) in [7, 11) is 0. The predicted octanol–water partition coefficient (Wildman–Crippen LogP) is 3.12. The number of hydrogen-bond donors (Lipinski definition) is 2. The number of halogens is 2. The molecule has 5 heteroatoms. The van der Waals surface area contributed by atoms with Gasteiger partial charge in [-0.15, -0.1) is 0 Å². The second kappa shape index (κ2) is 6.48. The van der Waals surface area contributed by atoms with Crippen molar-refractivity contribution in [2.45, 2.75) is 32.8 Å². The zero-order valence-corrected chi connectivity index (χ0v) is 12.9. The number of hydrogen-bond acceptors (Lipinski definition) is 2. The number of aliphatic hydroxyl groups is 1. The Morgan fingerprint density at radius 1 is 1.53 bits per heavy atom. The summed E-state index contributed by atoms with van der Waals surface area (Å²) >= 11 is 3.19. The number of rotatable bonds is 5. The highest BCUT2D eigenvalue weighted by molar-refractivity contribution is 9.10. The lowest BCUT2D eigenvalue weighted by atomic mass is 9.94. The molecule has 3 nitrogen and oxygen atoms in total. The zero-order valence-electron chi connectivity index (χ0n) is 11.3. The van der Waals surface area contributed by atoms with Crippen LogP contribution in [0.3, 0.4) is 0 Å². The monoisotopic (exact) mass is 331 g/mol. The van der Waals surface area contributed by atoms with Crippen molar-refractivity contribution in [1.82, 2.24) is 5.32 Å². The molecule has 0 aliphatic heterocycles. The average molecular weight is 332 g/mol. The predicted molar refractivity (Wildman–Crippen MR) is 76.5 cm³/mol. The minimum atomic E-state index is -0.994. The summed E-state index contributed by atoms with van der Waals surface area (Å²) in [6.07, 6.45) is 0.564. The maximum atomic E-state index is 13.5. The molecule has 0 aromatic heterocycles. The van der Waals surface area contributed by atoms with E-state index in [0.29, 0.717) is 16.8 Å². The third-order valence-corrected chi connectivity index (χ3v) is 3.14. The van der Waals surface area contributed by atoms with Gasteiger partial charge in [-0.1, -0.05) is 29.8 Å². The summed E-state index contributed by atoms with van der Waals surface area (Å²) in [5.74, 6) is -0.790. The molecule has 1 unspecified atom stereocenters. The van der Waals surface area contributed by atoms with Crippen LogP contribution in [-0.4, -0.2) is 23.2 Å². The third kappa shape index (κ3) is 5.28. The van der Waals surface area contributed by atoms with Crippen molar-refractivity contribution in [2.24, 2.45) is 5.92 Å². The lowest BCUT2D eigenvalue weighted by Gasteiger charge is -2.25. The van der Waals surface area contributed by atoms with Gasteiger partial charge in [0.1, 0.15) is 5.82 Å². The Kier molecular flexibility index (Phi) is 5.50. The summed E-state index contributed by atoms with van der Waals surface area (Å²) in [6.45, 7) is 5.73. The van der Waals surface area contributed by atoms with Gasteiger partial charge in [-0.2, -0.15) is 0 Å². The molecule has 0 heterocycles. The second-order valence-electron chi connectivity index (χ2n) is 5.40. The van der Waals surface area contributed by atoms with Crippen molar-refractivity contribution >= 4 is 21.8 Å². The normalized spacial score (nSPS) is 14.3. The molecule has 0 saturated heterocycles. The van der Waals surface area contributed by atoms with Gasteiger partial charge in [-0.3, -0.25) is 4.79 Å². The molecular formula is C14H19BrFNO2. The fourth-order valence-corrected chi connectivity index (χ4v) is 2.35. The van der Waals surface area contributed by atoms with Crippen LogP contribution in [0, 0.1) is 11.7 Å². The molecule has 0 radical (unpaired) electrons. The Morgan fingerprint density at radius 3 is 2.74 bits per heavy atom. The molecule has 0 aliphatic carbocycles. The van der Waals surface area contributed by atoms with Crippen LogP contribution in [-0.2, 0) is 0 Å². The van der Waals surface area contributed by atoms with Gasteiger partial charge in [0.25, 0.3) is 5.91 Å². The van der Waals surface area contributed by atoms with Crippen molar-refractivity contribution in [3.05, 3.63) is 34.1 Å². The SMILES string of the molecule is CC(C)CC(C)(O)CNC(=O)c1cc(Br)ccc1F. The largest absolute Gasteiger partial charge is 0.388 e. The summed E-state index contributed by atoms with van der Waals surface area (Å²) in [5.41, 5.74) is -1.03. The highest BCUT2D eigenvalue weighted by atomic mass is 79.9. The Hall–Kier alpha value is -0.940. The maximum absolute atomic E-state index is 13.5. The van der Waals surface area contributed by atoms with Crippen LogP contribution >= 0.6 is 15.9 Å². The zero-order chi connectivity index (χ0) is 14.6. The lowest BCUT2D eigenvalue weighted by molar-refractivity contribution is 0.0367. The van der Waals surface area contributed by atoms with E-state index >= 15 is 0 Å². The van der Waals surface area contributed by atoms with Gasteiger partial charge in [0.2, 0.25) is 0 Å². The highest BCUT2D eigenvalue weighted by Crippen LogP contribution is 2.17. The van der Waals surface area contributed by atoms with E-state index < -0.39 is 17.3 Å². The van der Waals surface area contributed by atoms with Crippen molar-refractivity contribution in [3.63, 3.8) is 0 Å². The minimum absolute atomic E-state index is 0.0327. The molecule has 1 amide bonds. The van der Waals surface area contributed by atoms with Crippen LogP contribution < -0.4 is 5.32 Å². The number of amides is 1. The molecule has 0 fully saturated rings. The quantitative estimate of drug-likeness (QED) is 0.870. The van der Waals surface area contributed by atoms with Crippen molar-refractivity contribution in [2.75, 3.05) is 6.54 Å². The molecular weight excluding hydrogens is 313 g/mol. The van der Waals surface area contributed by atoms with E-state index in [4.69, 9.17) is 0 Å². The highest BCUT2D eigenvalue weighted by Gasteiger charge is 2.23. The van der Waals surface area contributed by atoms with E-state index in [1.54, 1.807) is 6.92 Å². The number of carbonyl (C=O) groups excluding carboxylic acids is 1. The van der Waals surface area contributed by atoms with E-state index in [1.807, 2.05) is 13.8 Å². The Bertz CT molecular complexity index is 461. The Morgan fingerprint density at radius 2 is 2.16 bits per heavy atom. The van der Waals surface area contributed by atoms with Gasteiger partial charge in [0, 0.05) is 11.0 Å².